The van der Waals surface area contributed by atoms with Crippen LogP contribution in [0.3, 0.4) is 0 Å². The standard InChI is InChI=1S/C27H22F3N7O2/c1-2-6-19-16-37(22-9-4-3-7-21(22)24(38)27(28,29)30)26(39)36(19)15-17-10-12-18(13-11-17)20-8-5-14-31-23(20)25-32-34-35-33-25/h3-5,7-14,16H,2,6,15H2,1H3,(H,32,33,34,35). The van der Waals surface area contributed by atoms with Crippen LogP contribution in [0.4, 0.5) is 13.2 Å². The van der Waals surface area contributed by atoms with E-state index < -0.39 is 23.2 Å². The highest BCUT2D eigenvalue weighted by Crippen LogP contribution is 2.28. The molecule has 0 radical (unpaired) electrons. The van der Waals surface area contributed by atoms with Gasteiger partial charge in [0.2, 0.25) is 5.82 Å². The second kappa shape index (κ2) is 10.5. The molecule has 0 saturated heterocycles. The lowest BCUT2D eigenvalue weighted by Gasteiger charge is -2.11. The number of halogens is 3. The van der Waals surface area contributed by atoms with Crippen molar-refractivity contribution in [3.63, 3.8) is 0 Å². The number of nitrogens with one attached hydrogen (secondary N) is 1. The zero-order valence-corrected chi connectivity index (χ0v) is 20.7. The number of tetrazole rings is 1. The number of Topliss-reactive ketones (excluding diaryl/α,β-unsaturated/α-hetero) is 1. The molecule has 0 aliphatic rings. The van der Waals surface area contributed by atoms with Gasteiger partial charge in [-0.1, -0.05) is 55.8 Å². The van der Waals surface area contributed by atoms with Crippen LogP contribution in [0, 0.1) is 0 Å². The molecule has 9 nitrogen and oxygen atoms in total. The van der Waals surface area contributed by atoms with Crippen LogP contribution in [0.2, 0.25) is 0 Å². The van der Waals surface area contributed by atoms with Crippen molar-refractivity contribution in [3.05, 3.63) is 100 Å². The maximum Gasteiger partial charge on any atom is 0.454 e. The Labute approximate surface area is 220 Å². The third kappa shape index (κ3) is 5.13. The lowest BCUT2D eigenvalue weighted by Crippen LogP contribution is -2.28. The number of para-hydroxylation sites is 1. The van der Waals surface area contributed by atoms with Gasteiger partial charge < -0.3 is 0 Å². The predicted molar refractivity (Wildman–Crippen MR) is 136 cm³/mol. The van der Waals surface area contributed by atoms with Crippen LogP contribution >= 0.6 is 0 Å². The van der Waals surface area contributed by atoms with Crippen LogP contribution in [-0.2, 0) is 13.0 Å². The summed E-state index contributed by atoms with van der Waals surface area (Å²) in [4.78, 5) is 29.9. The van der Waals surface area contributed by atoms with Gasteiger partial charge in [-0.3, -0.25) is 18.9 Å². The number of alkyl halides is 3. The van der Waals surface area contributed by atoms with Gasteiger partial charge in [-0.2, -0.15) is 18.4 Å². The van der Waals surface area contributed by atoms with E-state index in [1.165, 1.54) is 29.0 Å². The molecule has 39 heavy (non-hydrogen) atoms. The minimum atomic E-state index is -5.06. The van der Waals surface area contributed by atoms with Crippen molar-refractivity contribution in [3.8, 4) is 28.3 Å². The van der Waals surface area contributed by atoms with E-state index in [4.69, 9.17) is 0 Å². The number of nitrogens with zero attached hydrogens (tertiary/aromatic N) is 6. The van der Waals surface area contributed by atoms with Gasteiger partial charge in [-0.25, -0.2) is 4.79 Å². The summed E-state index contributed by atoms with van der Waals surface area (Å²) in [5.74, 6) is -1.64. The topological polar surface area (TPSA) is 111 Å². The zero-order valence-electron chi connectivity index (χ0n) is 20.7. The van der Waals surface area contributed by atoms with Crippen molar-refractivity contribution in [2.24, 2.45) is 0 Å². The monoisotopic (exact) mass is 533 g/mol. The average molecular weight is 534 g/mol. The molecule has 1 N–H and O–H groups in total. The third-order valence-corrected chi connectivity index (χ3v) is 6.20. The molecule has 3 heterocycles. The molecule has 5 rings (SSSR count). The number of carbonyl (C=O) groups is 1. The van der Waals surface area contributed by atoms with Crippen molar-refractivity contribution in [1.29, 1.82) is 0 Å². The number of ketones is 1. The first-order valence-electron chi connectivity index (χ1n) is 12.1. The normalized spacial score (nSPS) is 11.6. The Morgan fingerprint density at radius 3 is 2.49 bits per heavy atom. The van der Waals surface area contributed by atoms with Crippen LogP contribution in [0.15, 0.2) is 77.9 Å². The minimum Gasteiger partial charge on any atom is -0.292 e. The Morgan fingerprint density at radius 2 is 1.79 bits per heavy atom. The van der Waals surface area contributed by atoms with E-state index in [1.54, 1.807) is 12.3 Å². The van der Waals surface area contributed by atoms with Crippen molar-refractivity contribution >= 4 is 5.78 Å². The number of hydrogen-bond acceptors (Lipinski definition) is 6. The molecule has 0 bridgehead atoms. The molecule has 0 spiro atoms. The van der Waals surface area contributed by atoms with Gasteiger partial charge in [0.05, 0.1) is 17.8 Å². The number of aromatic amines is 1. The van der Waals surface area contributed by atoms with Crippen LogP contribution in [0.5, 0.6) is 0 Å². The van der Waals surface area contributed by atoms with Crippen LogP contribution in [0.1, 0.15) is 35.0 Å². The molecule has 0 saturated carbocycles. The van der Waals surface area contributed by atoms with Gasteiger partial charge in [0, 0.05) is 23.7 Å². The Hall–Kier alpha value is -4.87. The second-order valence-corrected chi connectivity index (χ2v) is 8.79. The lowest BCUT2D eigenvalue weighted by atomic mass is 10.0. The molecular weight excluding hydrogens is 511 g/mol. The SMILES string of the molecule is CCCc1cn(-c2ccccc2C(=O)C(F)(F)F)c(=O)n1Cc1ccc(-c2cccnc2-c2nn[nH]n2)cc1. The molecule has 0 amide bonds. The summed E-state index contributed by atoms with van der Waals surface area (Å²) in [6.07, 6.45) is -0.676. The molecule has 0 aliphatic heterocycles. The first-order chi connectivity index (χ1) is 18.8. The van der Waals surface area contributed by atoms with Gasteiger partial charge in [0.1, 0.15) is 5.69 Å². The Kier molecular flexibility index (Phi) is 6.92. The van der Waals surface area contributed by atoms with E-state index in [-0.39, 0.29) is 12.2 Å². The molecule has 0 unspecified atom stereocenters. The molecule has 0 fully saturated rings. The number of imidazole rings is 1. The number of hydrogen-bond donors (Lipinski definition) is 1. The van der Waals surface area contributed by atoms with Gasteiger partial charge in [0.15, 0.2) is 0 Å². The molecule has 0 aliphatic carbocycles. The third-order valence-electron chi connectivity index (χ3n) is 6.20. The van der Waals surface area contributed by atoms with Crippen LogP contribution in [-0.4, -0.2) is 46.7 Å². The summed E-state index contributed by atoms with van der Waals surface area (Å²) in [6, 6.07) is 16.4. The fraction of sp³-hybridized carbons (Fsp3) is 0.185. The van der Waals surface area contributed by atoms with E-state index in [1.807, 2.05) is 37.3 Å². The number of carbonyl (C=O) groups excluding carboxylic acids is 1. The molecule has 2 aromatic carbocycles. The van der Waals surface area contributed by atoms with Gasteiger partial charge in [-0.05, 0) is 41.0 Å². The van der Waals surface area contributed by atoms with Gasteiger partial charge in [-0.15, -0.1) is 10.2 Å². The van der Waals surface area contributed by atoms with E-state index in [2.05, 4.69) is 25.6 Å². The van der Waals surface area contributed by atoms with Crippen molar-refractivity contribution in [2.75, 3.05) is 0 Å². The van der Waals surface area contributed by atoms with E-state index >= 15 is 0 Å². The Bertz CT molecular complexity index is 1670. The summed E-state index contributed by atoms with van der Waals surface area (Å²) >= 11 is 0. The van der Waals surface area contributed by atoms with E-state index in [9.17, 15) is 22.8 Å². The largest absolute Gasteiger partial charge is 0.454 e. The highest BCUT2D eigenvalue weighted by atomic mass is 19.4. The highest BCUT2D eigenvalue weighted by molar-refractivity contribution is 6.03. The molecule has 0 atom stereocenters. The van der Waals surface area contributed by atoms with Crippen molar-refractivity contribution < 1.29 is 18.0 Å². The Morgan fingerprint density at radius 1 is 1.03 bits per heavy atom. The lowest BCUT2D eigenvalue weighted by molar-refractivity contribution is -0.0885. The molecular formula is C27H22F3N7O2. The van der Waals surface area contributed by atoms with Gasteiger partial charge in [0.25, 0.3) is 5.78 Å². The first kappa shape index (κ1) is 25.8. The quantitative estimate of drug-likeness (QED) is 0.291. The fourth-order valence-electron chi connectivity index (χ4n) is 4.40. The first-order valence-corrected chi connectivity index (χ1v) is 12.1. The molecule has 3 aromatic heterocycles. The zero-order chi connectivity index (χ0) is 27.6. The average Bonchev–Trinajstić information content (AvgIpc) is 3.58. The number of benzene rings is 2. The van der Waals surface area contributed by atoms with E-state index in [0.29, 0.717) is 30.1 Å². The Balaban J connectivity index is 1.50. The minimum absolute atomic E-state index is 0.109. The summed E-state index contributed by atoms with van der Waals surface area (Å²) in [5, 5.41) is 14.0. The molecule has 198 valence electrons. The maximum absolute atomic E-state index is 13.5. The molecule has 5 aromatic rings. The summed E-state index contributed by atoms with van der Waals surface area (Å²) in [6.45, 7) is 2.14. The van der Waals surface area contributed by atoms with Crippen molar-refractivity contribution in [2.45, 2.75) is 32.5 Å². The molecule has 12 heteroatoms. The maximum atomic E-state index is 13.5. The van der Waals surface area contributed by atoms with Crippen LogP contribution in [0.25, 0.3) is 28.3 Å². The highest BCUT2D eigenvalue weighted by Gasteiger charge is 2.40. The van der Waals surface area contributed by atoms with Gasteiger partial charge >= 0.3 is 11.9 Å². The van der Waals surface area contributed by atoms with Crippen molar-refractivity contribution in [1.82, 2.24) is 34.7 Å². The number of aromatic nitrogens is 7. The van der Waals surface area contributed by atoms with Crippen LogP contribution < -0.4 is 5.69 Å². The van der Waals surface area contributed by atoms with E-state index in [0.717, 1.165) is 27.3 Å². The number of aryl methyl sites for hydroxylation is 1. The summed E-state index contributed by atoms with van der Waals surface area (Å²) in [5.41, 5.74) is 2.44. The summed E-state index contributed by atoms with van der Waals surface area (Å²) < 4.78 is 42.3. The summed E-state index contributed by atoms with van der Waals surface area (Å²) in [7, 11) is 0. The fourth-order valence-corrected chi connectivity index (χ4v) is 4.40. The predicted octanol–water partition coefficient (Wildman–Crippen LogP) is 4.63. The second-order valence-electron chi connectivity index (χ2n) is 8.79. The number of H-pyrrole nitrogens is 1. The number of rotatable bonds is 8. The number of pyridine rings is 1. The smallest absolute Gasteiger partial charge is 0.292 e.